The summed E-state index contributed by atoms with van der Waals surface area (Å²) >= 11 is 0. The molecule has 2 rings (SSSR count). The predicted molar refractivity (Wildman–Crippen MR) is 104 cm³/mol. The summed E-state index contributed by atoms with van der Waals surface area (Å²) in [5, 5.41) is 7.67. The Bertz CT molecular complexity index is 867. The fourth-order valence-electron chi connectivity index (χ4n) is 2.27. The number of hydrogen-bond donors (Lipinski definition) is 3. The Labute approximate surface area is 162 Å². The van der Waals surface area contributed by atoms with Crippen molar-refractivity contribution in [2.24, 2.45) is 0 Å². The van der Waals surface area contributed by atoms with E-state index < -0.39 is 30.4 Å². The van der Waals surface area contributed by atoms with Crippen LogP contribution in [0.3, 0.4) is 0 Å². The van der Waals surface area contributed by atoms with Crippen molar-refractivity contribution in [3.05, 3.63) is 60.2 Å². The summed E-state index contributed by atoms with van der Waals surface area (Å²) in [6.45, 7) is 2.34. The van der Waals surface area contributed by atoms with E-state index in [0.29, 0.717) is 16.9 Å². The maximum absolute atomic E-state index is 12.0. The molecule has 0 heterocycles. The van der Waals surface area contributed by atoms with Crippen molar-refractivity contribution in [3.63, 3.8) is 0 Å². The molecule has 0 unspecified atom stereocenters. The molecule has 2 aromatic rings. The van der Waals surface area contributed by atoms with E-state index in [2.05, 4.69) is 16.0 Å². The van der Waals surface area contributed by atoms with Gasteiger partial charge in [0.1, 0.15) is 6.04 Å². The summed E-state index contributed by atoms with van der Waals surface area (Å²) in [6, 6.07) is 14.1. The second kappa shape index (κ2) is 9.86. The lowest BCUT2D eigenvalue weighted by atomic mass is 10.2. The average Bonchev–Trinajstić information content (AvgIpc) is 2.66. The number of rotatable bonds is 7. The van der Waals surface area contributed by atoms with E-state index in [1.807, 2.05) is 0 Å². The zero-order valence-electron chi connectivity index (χ0n) is 15.5. The maximum Gasteiger partial charge on any atom is 0.328 e. The number of nitrogens with one attached hydrogen (secondary N) is 3. The number of anilines is 2. The van der Waals surface area contributed by atoms with E-state index in [0.717, 1.165) is 0 Å². The number of carbonyl (C=O) groups is 4. The van der Waals surface area contributed by atoms with Crippen molar-refractivity contribution in [1.82, 2.24) is 5.32 Å². The SMILES string of the molecule is CC(=O)Nc1cccc(NC(=O)COC(=O)[C@H](C)NC(=O)c2ccccc2)c1. The van der Waals surface area contributed by atoms with Gasteiger partial charge in [0.2, 0.25) is 5.91 Å². The molecule has 0 bridgehead atoms. The lowest BCUT2D eigenvalue weighted by molar-refractivity contribution is -0.148. The summed E-state index contributed by atoms with van der Waals surface area (Å²) in [5.41, 5.74) is 1.39. The number of benzene rings is 2. The van der Waals surface area contributed by atoms with Crippen molar-refractivity contribution in [3.8, 4) is 0 Å². The summed E-state index contributed by atoms with van der Waals surface area (Å²) in [6.07, 6.45) is 0. The molecule has 0 aliphatic heterocycles. The Morgan fingerprint density at radius 2 is 1.57 bits per heavy atom. The summed E-state index contributed by atoms with van der Waals surface area (Å²) < 4.78 is 4.93. The molecule has 0 aliphatic rings. The van der Waals surface area contributed by atoms with E-state index in [1.54, 1.807) is 54.6 Å². The lowest BCUT2D eigenvalue weighted by Crippen LogP contribution is -2.40. The van der Waals surface area contributed by atoms with E-state index in [4.69, 9.17) is 4.74 Å². The van der Waals surface area contributed by atoms with Crippen molar-refractivity contribution in [2.75, 3.05) is 17.2 Å². The molecule has 2 aromatic carbocycles. The van der Waals surface area contributed by atoms with Gasteiger partial charge in [0, 0.05) is 23.9 Å². The van der Waals surface area contributed by atoms with Crippen LogP contribution in [0.5, 0.6) is 0 Å². The molecular weight excluding hydrogens is 362 g/mol. The number of hydrogen-bond acceptors (Lipinski definition) is 5. The third-order valence-corrected chi connectivity index (χ3v) is 3.55. The molecule has 0 fully saturated rings. The Balaban J connectivity index is 1.81. The van der Waals surface area contributed by atoms with Crippen LogP contribution in [0, 0.1) is 0 Å². The zero-order chi connectivity index (χ0) is 20.5. The molecule has 0 saturated heterocycles. The first-order valence-electron chi connectivity index (χ1n) is 8.55. The Hall–Kier alpha value is -3.68. The molecule has 0 aliphatic carbocycles. The van der Waals surface area contributed by atoms with Crippen LogP contribution in [0.1, 0.15) is 24.2 Å². The standard InChI is InChI=1S/C20H21N3O5/c1-13(21-19(26)15-7-4-3-5-8-15)20(27)28-12-18(25)23-17-10-6-9-16(11-17)22-14(2)24/h3-11,13H,12H2,1-2H3,(H,21,26)(H,22,24)(H,23,25)/t13-/m0/s1. The van der Waals surface area contributed by atoms with Crippen molar-refractivity contribution in [1.29, 1.82) is 0 Å². The Kier molecular flexibility index (Phi) is 7.27. The molecule has 8 nitrogen and oxygen atoms in total. The highest BCUT2D eigenvalue weighted by Gasteiger charge is 2.19. The van der Waals surface area contributed by atoms with Gasteiger partial charge < -0.3 is 20.7 Å². The molecule has 28 heavy (non-hydrogen) atoms. The first kappa shape index (κ1) is 20.6. The number of ether oxygens (including phenoxy) is 1. The van der Waals surface area contributed by atoms with Crippen LogP contribution in [0.4, 0.5) is 11.4 Å². The maximum atomic E-state index is 12.0. The van der Waals surface area contributed by atoms with Crippen LogP contribution in [0.15, 0.2) is 54.6 Å². The van der Waals surface area contributed by atoms with Gasteiger partial charge in [0.15, 0.2) is 6.61 Å². The summed E-state index contributed by atoms with van der Waals surface area (Å²) in [5.74, 6) is -1.92. The second-order valence-electron chi connectivity index (χ2n) is 5.98. The zero-order valence-corrected chi connectivity index (χ0v) is 15.5. The molecule has 3 N–H and O–H groups in total. The minimum Gasteiger partial charge on any atom is -0.454 e. The van der Waals surface area contributed by atoms with Gasteiger partial charge in [-0.05, 0) is 37.3 Å². The molecule has 0 aromatic heterocycles. The highest BCUT2D eigenvalue weighted by Crippen LogP contribution is 2.14. The van der Waals surface area contributed by atoms with Gasteiger partial charge >= 0.3 is 5.97 Å². The summed E-state index contributed by atoms with van der Waals surface area (Å²) in [4.78, 5) is 47.0. The fourth-order valence-corrected chi connectivity index (χ4v) is 2.27. The number of carbonyl (C=O) groups excluding carboxylic acids is 4. The molecular formula is C20H21N3O5. The molecule has 3 amide bonds. The Morgan fingerprint density at radius 3 is 2.21 bits per heavy atom. The minimum absolute atomic E-state index is 0.232. The largest absolute Gasteiger partial charge is 0.454 e. The first-order chi connectivity index (χ1) is 13.3. The number of esters is 1. The molecule has 0 radical (unpaired) electrons. The molecule has 146 valence electrons. The van der Waals surface area contributed by atoms with Gasteiger partial charge in [-0.2, -0.15) is 0 Å². The lowest BCUT2D eigenvalue weighted by Gasteiger charge is -2.13. The molecule has 0 saturated carbocycles. The van der Waals surface area contributed by atoms with Crippen LogP contribution in [0.2, 0.25) is 0 Å². The molecule has 0 spiro atoms. The Morgan fingerprint density at radius 1 is 0.929 bits per heavy atom. The highest BCUT2D eigenvalue weighted by molar-refractivity contribution is 5.97. The average molecular weight is 383 g/mol. The molecule has 8 heteroatoms. The minimum atomic E-state index is -0.913. The van der Waals surface area contributed by atoms with Gasteiger partial charge in [0.05, 0.1) is 0 Å². The normalized spacial score (nSPS) is 11.1. The summed E-state index contributed by atoms with van der Waals surface area (Å²) in [7, 11) is 0. The third kappa shape index (κ3) is 6.56. The molecule has 1 atom stereocenters. The van der Waals surface area contributed by atoms with Gasteiger partial charge in [-0.1, -0.05) is 24.3 Å². The van der Waals surface area contributed by atoms with Crippen molar-refractivity contribution >= 4 is 35.1 Å². The van der Waals surface area contributed by atoms with E-state index in [1.165, 1.54) is 13.8 Å². The van der Waals surface area contributed by atoms with Crippen LogP contribution in [0.25, 0.3) is 0 Å². The van der Waals surface area contributed by atoms with Crippen molar-refractivity contribution < 1.29 is 23.9 Å². The third-order valence-electron chi connectivity index (χ3n) is 3.55. The van der Waals surface area contributed by atoms with Gasteiger partial charge in [-0.3, -0.25) is 14.4 Å². The van der Waals surface area contributed by atoms with E-state index in [9.17, 15) is 19.2 Å². The smallest absolute Gasteiger partial charge is 0.328 e. The van der Waals surface area contributed by atoms with Crippen LogP contribution in [-0.2, 0) is 19.1 Å². The fraction of sp³-hybridized carbons (Fsp3) is 0.200. The van der Waals surface area contributed by atoms with Gasteiger partial charge in [0.25, 0.3) is 11.8 Å². The first-order valence-corrected chi connectivity index (χ1v) is 8.55. The van der Waals surface area contributed by atoms with Crippen molar-refractivity contribution in [2.45, 2.75) is 19.9 Å². The quantitative estimate of drug-likeness (QED) is 0.633. The predicted octanol–water partition coefficient (Wildman–Crippen LogP) is 1.95. The number of amides is 3. The topological polar surface area (TPSA) is 114 Å². The van der Waals surface area contributed by atoms with Gasteiger partial charge in [-0.25, -0.2) is 4.79 Å². The highest BCUT2D eigenvalue weighted by atomic mass is 16.5. The van der Waals surface area contributed by atoms with Crippen LogP contribution < -0.4 is 16.0 Å². The van der Waals surface area contributed by atoms with E-state index in [-0.39, 0.29) is 5.91 Å². The van der Waals surface area contributed by atoms with Gasteiger partial charge in [-0.15, -0.1) is 0 Å². The van der Waals surface area contributed by atoms with Crippen LogP contribution in [-0.4, -0.2) is 36.3 Å². The second-order valence-corrected chi connectivity index (χ2v) is 5.98. The monoisotopic (exact) mass is 383 g/mol. The van der Waals surface area contributed by atoms with Crippen LogP contribution >= 0.6 is 0 Å². The van der Waals surface area contributed by atoms with E-state index >= 15 is 0 Å².